The Bertz CT molecular complexity index is 565. The zero-order valence-electron chi connectivity index (χ0n) is 12.4. The number of amides is 1. The Morgan fingerprint density at radius 1 is 1.24 bits per heavy atom. The standard InChI is InChI=1S/C16H23N3O2/c1-21-11-10-18-16(20)7-9-17-8-6-13-12-19-15-5-3-2-4-14(13)15/h2-5,12,17,19H,6-11H2,1H3,(H,18,20). The van der Waals surface area contributed by atoms with E-state index < -0.39 is 0 Å². The van der Waals surface area contributed by atoms with Crippen LogP contribution in [0, 0.1) is 0 Å². The molecule has 0 aliphatic carbocycles. The second-order valence-electron chi connectivity index (χ2n) is 4.95. The minimum absolute atomic E-state index is 0.0617. The topological polar surface area (TPSA) is 66.2 Å². The molecule has 0 saturated heterocycles. The quantitative estimate of drug-likeness (QED) is 0.612. The molecule has 0 aliphatic rings. The first kappa shape index (κ1) is 15.5. The van der Waals surface area contributed by atoms with E-state index in [0.717, 1.165) is 13.0 Å². The Morgan fingerprint density at radius 3 is 2.95 bits per heavy atom. The predicted octanol–water partition coefficient (Wildman–Crippen LogP) is 1.45. The van der Waals surface area contributed by atoms with Crippen LogP contribution >= 0.6 is 0 Å². The second-order valence-corrected chi connectivity index (χ2v) is 4.95. The van der Waals surface area contributed by atoms with Crippen LogP contribution in [0.4, 0.5) is 0 Å². The molecule has 1 aromatic heterocycles. The Labute approximate surface area is 125 Å². The molecule has 5 nitrogen and oxygen atoms in total. The van der Waals surface area contributed by atoms with Crippen LogP contribution in [-0.4, -0.2) is 44.2 Å². The maximum Gasteiger partial charge on any atom is 0.221 e. The predicted molar refractivity (Wildman–Crippen MR) is 84.4 cm³/mol. The summed E-state index contributed by atoms with van der Waals surface area (Å²) in [5, 5.41) is 7.38. The maximum atomic E-state index is 11.5. The summed E-state index contributed by atoms with van der Waals surface area (Å²) >= 11 is 0. The summed E-state index contributed by atoms with van der Waals surface area (Å²) in [6.07, 6.45) is 3.51. The van der Waals surface area contributed by atoms with Crippen LogP contribution in [0.3, 0.4) is 0 Å². The summed E-state index contributed by atoms with van der Waals surface area (Å²) in [5.41, 5.74) is 2.48. The van der Waals surface area contributed by atoms with Gasteiger partial charge in [0.15, 0.2) is 0 Å². The van der Waals surface area contributed by atoms with E-state index >= 15 is 0 Å². The molecule has 0 fully saturated rings. The van der Waals surface area contributed by atoms with E-state index in [-0.39, 0.29) is 5.91 Å². The lowest BCUT2D eigenvalue weighted by atomic mass is 10.1. The Morgan fingerprint density at radius 2 is 2.10 bits per heavy atom. The van der Waals surface area contributed by atoms with E-state index in [4.69, 9.17) is 4.74 Å². The summed E-state index contributed by atoms with van der Waals surface area (Å²) in [7, 11) is 1.62. The molecule has 2 rings (SSSR count). The fourth-order valence-electron chi connectivity index (χ4n) is 2.27. The molecule has 1 heterocycles. The third-order valence-corrected chi connectivity index (χ3v) is 3.40. The number of aromatic amines is 1. The van der Waals surface area contributed by atoms with E-state index in [9.17, 15) is 4.79 Å². The molecule has 2 aromatic rings. The zero-order chi connectivity index (χ0) is 14.9. The van der Waals surface area contributed by atoms with Gasteiger partial charge in [0.25, 0.3) is 0 Å². The first-order valence-electron chi connectivity index (χ1n) is 7.32. The molecule has 0 spiro atoms. The van der Waals surface area contributed by atoms with Crippen molar-refractivity contribution in [1.29, 1.82) is 0 Å². The number of para-hydroxylation sites is 1. The van der Waals surface area contributed by atoms with Gasteiger partial charge in [0.1, 0.15) is 0 Å². The van der Waals surface area contributed by atoms with Gasteiger partial charge < -0.3 is 20.4 Å². The number of hydrogen-bond donors (Lipinski definition) is 3. The minimum atomic E-state index is 0.0617. The highest BCUT2D eigenvalue weighted by atomic mass is 16.5. The molecule has 0 atom stereocenters. The first-order valence-corrected chi connectivity index (χ1v) is 7.32. The van der Waals surface area contributed by atoms with Crippen molar-refractivity contribution in [1.82, 2.24) is 15.6 Å². The van der Waals surface area contributed by atoms with Gasteiger partial charge in [-0.25, -0.2) is 0 Å². The smallest absolute Gasteiger partial charge is 0.221 e. The van der Waals surface area contributed by atoms with E-state index in [0.29, 0.717) is 26.1 Å². The molecule has 0 aliphatic heterocycles. The number of hydrogen-bond acceptors (Lipinski definition) is 3. The van der Waals surface area contributed by atoms with Gasteiger partial charge in [-0.3, -0.25) is 4.79 Å². The normalized spacial score (nSPS) is 10.9. The molecule has 1 aromatic carbocycles. The van der Waals surface area contributed by atoms with Crippen molar-refractivity contribution < 1.29 is 9.53 Å². The number of aromatic nitrogens is 1. The lowest BCUT2D eigenvalue weighted by Crippen LogP contribution is -2.30. The van der Waals surface area contributed by atoms with Gasteiger partial charge in [-0.05, 0) is 24.6 Å². The molecule has 5 heteroatoms. The molecule has 0 unspecified atom stereocenters. The van der Waals surface area contributed by atoms with Gasteiger partial charge in [0.05, 0.1) is 6.61 Å². The maximum absolute atomic E-state index is 11.5. The average Bonchev–Trinajstić information content (AvgIpc) is 2.91. The Balaban J connectivity index is 1.63. The summed E-state index contributed by atoms with van der Waals surface area (Å²) < 4.78 is 4.88. The Hall–Kier alpha value is -1.85. The molecule has 114 valence electrons. The van der Waals surface area contributed by atoms with Crippen LogP contribution in [-0.2, 0) is 16.0 Å². The second kappa shape index (κ2) is 8.44. The largest absolute Gasteiger partial charge is 0.383 e. The van der Waals surface area contributed by atoms with Crippen molar-refractivity contribution in [3.05, 3.63) is 36.0 Å². The fraction of sp³-hybridized carbons (Fsp3) is 0.438. The van der Waals surface area contributed by atoms with Crippen LogP contribution < -0.4 is 10.6 Å². The van der Waals surface area contributed by atoms with E-state index in [1.165, 1.54) is 16.5 Å². The van der Waals surface area contributed by atoms with Crippen LogP contribution in [0.1, 0.15) is 12.0 Å². The third-order valence-electron chi connectivity index (χ3n) is 3.40. The van der Waals surface area contributed by atoms with Gasteiger partial charge in [0.2, 0.25) is 5.91 Å². The average molecular weight is 289 g/mol. The van der Waals surface area contributed by atoms with Crippen LogP contribution in [0.15, 0.2) is 30.5 Å². The van der Waals surface area contributed by atoms with Gasteiger partial charge in [0, 0.05) is 43.7 Å². The summed E-state index contributed by atoms with van der Waals surface area (Å²) in [5.74, 6) is 0.0617. The molecule has 0 radical (unpaired) electrons. The minimum Gasteiger partial charge on any atom is -0.383 e. The van der Waals surface area contributed by atoms with Gasteiger partial charge in [-0.2, -0.15) is 0 Å². The Kier molecular flexibility index (Phi) is 6.24. The number of nitrogens with one attached hydrogen (secondary N) is 3. The highest BCUT2D eigenvalue weighted by molar-refractivity contribution is 5.83. The van der Waals surface area contributed by atoms with Crippen LogP contribution in [0.5, 0.6) is 0 Å². The van der Waals surface area contributed by atoms with Crippen LogP contribution in [0.2, 0.25) is 0 Å². The number of methoxy groups -OCH3 is 1. The number of fused-ring (bicyclic) bond motifs is 1. The number of rotatable bonds is 9. The van der Waals surface area contributed by atoms with Gasteiger partial charge in [-0.15, -0.1) is 0 Å². The monoisotopic (exact) mass is 289 g/mol. The fourth-order valence-corrected chi connectivity index (χ4v) is 2.27. The number of ether oxygens (including phenoxy) is 1. The number of carbonyl (C=O) groups excluding carboxylic acids is 1. The van der Waals surface area contributed by atoms with Crippen molar-refractivity contribution in [3.8, 4) is 0 Å². The van der Waals surface area contributed by atoms with E-state index in [2.05, 4.69) is 40.0 Å². The highest BCUT2D eigenvalue weighted by Gasteiger charge is 2.03. The molecule has 0 saturated carbocycles. The van der Waals surface area contributed by atoms with E-state index in [1.54, 1.807) is 7.11 Å². The van der Waals surface area contributed by atoms with Crippen molar-refractivity contribution in [2.75, 3.05) is 33.4 Å². The van der Waals surface area contributed by atoms with Crippen molar-refractivity contribution in [2.24, 2.45) is 0 Å². The molecular formula is C16H23N3O2. The number of benzene rings is 1. The highest BCUT2D eigenvalue weighted by Crippen LogP contribution is 2.17. The van der Waals surface area contributed by atoms with Crippen LogP contribution in [0.25, 0.3) is 10.9 Å². The molecule has 1 amide bonds. The lowest BCUT2D eigenvalue weighted by molar-refractivity contribution is -0.121. The van der Waals surface area contributed by atoms with Crippen molar-refractivity contribution >= 4 is 16.8 Å². The van der Waals surface area contributed by atoms with Crippen molar-refractivity contribution in [2.45, 2.75) is 12.8 Å². The summed E-state index contributed by atoms with van der Waals surface area (Å²) in [6, 6.07) is 8.29. The van der Waals surface area contributed by atoms with Gasteiger partial charge in [-0.1, -0.05) is 18.2 Å². The molecule has 3 N–H and O–H groups in total. The lowest BCUT2D eigenvalue weighted by Gasteiger charge is -2.06. The SMILES string of the molecule is COCCNC(=O)CCNCCc1c[nH]c2ccccc12. The summed E-state index contributed by atoms with van der Waals surface area (Å²) in [4.78, 5) is 14.7. The van der Waals surface area contributed by atoms with E-state index in [1.807, 2.05) is 6.07 Å². The molecule has 21 heavy (non-hydrogen) atoms. The number of H-pyrrole nitrogens is 1. The zero-order valence-corrected chi connectivity index (χ0v) is 12.4. The third kappa shape index (κ3) is 4.88. The van der Waals surface area contributed by atoms with Crippen molar-refractivity contribution in [3.63, 3.8) is 0 Å². The van der Waals surface area contributed by atoms with Gasteiger partial charge >= 0.3 is 0 Å². The molecular weight excluding hydrogens is 266 g/mol. The molecule has 0 bridgehead atoms. The number of carbonyl (C=O) groups is 1. The first-order chi connectivity index (χ1) is 10.3. The summed E-state index contributed by atoms with van der Waals surface area (Å²) in [6.45, 7) is 2.69.